The summed E-state index contributed by atoms with van der Waals surface area (Å²) < 4.78 is 17.1. The van der Waals surface area contributed by atoms with Crippen LogP contribution in [0.1, 0.15) is 57.0 Å². The van der Waals surface area contributed by atoms with Gasteiger partial charge in [0.25, 0.3) is 0 Å². The van der Waals surface area contributed by atoms with Crippen molar-refractivity contribution in [2.75, 3.05) is 26.5 Å². The fourth-order valence-corrected chi connectivity index (χ4v) is 4.40. The lowest BCUT2D eigenvalue weighted by atomic mass is 9.77. The first kappa shape index (κ1) is 31.1. The Hall–Kier alpha value is -3.48. The van der Waals surface area contributed by atoms with Crippen LogP contribution in [0, 0.1) is 11.3 Å². The molecule has 0 bridgehead atoms. The van der Waals surface area contributed by atoms with Gasteiger partial charge in [0.1, 0.15) is 30.6 Å². The normalized spacial score (nSPS) is 11.5. The number of likely N-dealkylation sites (N-methyl/N-ethyl adjacent to an activating group) is 1. The van der Waals surface area contributed by atoms with E-state index in [2.05, 4.69) is 29.9 Å². The van der Waals surface area contributed by atoms with E-state index in [1.807, 2.05) is 63.4 Å². The van der Waals surface area contributed by atoms with Gasteiger partial charge in [-0.2, -0.15) is 5.26 Å². The molecule has 2 aromatic carbocycles. The molecule has 1 aromatic heterocycles. The Morgan fingerprint density at radius 2 is 1.77 bits per heavy atom. The Balaban J connectivity index is 1.69. The Labute approximate surface area is 245 Å². The molecule has 0 aliphatic heterocycles. The Bertz CT molecular complexity index is 1370. The molecule has 0 fully saturated rings. The lowest BCUT2D eigenvalue weighted by Gasteiger charge is -2.27. The van der Waals surface area contributed by atoms with Gasteiger partial charge in [0.05, 0.1) is 22.8 Å². The summed E-state index contributed by atoms with van der Waals surface area (Å²) in [5.74, 6) is 1.01. The molecule has 0 radical (unpaired) electrons. The largest absolute Gasteiger partial charge is 0.489 e. The van der Waals surface area contributed by atoms with Crippen molar-refractivity contribution < 1.29 is 19.0 Å². The van der Waals surface area contributed by atoms with Gasteiger partial charge in [-0.15, -0.1) is 0 Å². The van der Waals surface area contributed by atoms with Crippen molar-refractivity contribution in [1.82, 2.24) is 14.9 Å². The number of halogens is 1. The first-order chi connectivity index (χ1) is 18.8. The van der Waals surface area contributed by atoms with Crippen LogP contribution in [0.2, 0.25) is 5.02 Å². The van der Waals surface area contributed by atoms with Crippen molar-refractivity contribution in [3.8, 4) is 17.6 Å². The number of carbonyl (C=O) groups excluding carboxylic acids is 1. The van der Waals surface area contributed by atoms with Crippen LogP contribution in [0.3, 0.4) is 0 Å². The van der Waals surface area contributed by atoms with Crippen LogP contribution < -0.4 is 9.47 Å². The van der Waals surface area contributed by atoms with E-state index in [1.165, 1.54) is 16.7 Å². The van der Waals surface area contributed by atoms with E-state index in [0.717, 1.165) is 22.6 Å². The first-order valence-electron chi connectivity index (χ1n) is 12.7. The lowest BCUT2D eigenvalue weighted by Crippen LogP contribution is -2.36. The molecule has 40 heavy (non-hydrogen) atoms. The highest BCUT2D eigenvalue weighted by atomic mass is 35.5. The molecule has 0 atom stereocenters. The molecular formula is C30H35ClN4O4S. The smallest absolute Gasteiger partial charge is 0.410 e. The van der Waals surface area contributed by atoms with Gasteiger partial charge in [-0.25, -0.2) is 14.8 Å². The van der Waals surface area contributed by atoms with Crippen molar-refractivity contribution in [2.24, 2.45) is 0 Å². The SMILES string of the molecule is CSc1nccc(COc2ccc(C(C)(C)c3cc(Cl)c(OCCN(C)C(=O)OC(C)(C)C)c(C#N)c3)cc2)n1. The number of hydrogen-bond donors (Lipinski definition) is 0. The maximum absolute atomic E-state index is 12.2. The number of amides is 1. The van der Waals surface area contributed by atoms with Gasteiger partial charge in [0.15, 0.2) is 10.9 Å². The fourth-order valence-electron chi connectivity index (χ4n) is 3.75. The molecule has 0 saturated carbocycles. The average Bonchev–Trinajstić information content (AvgIpc) is 2.91. The molecule has 0 unspecified atom stereocenters. The highest BCUT2D eigenvalue weighted by molar-refractivity contribution is 7.98. The molecule has 0 aliphatic carbocycles. The van der Waals surface area contributed by atoms with E-state index >= 15 is 0 Å². The van der Waals surface area contributed by atoms with E-state index in [0.29, 0.717) is 28.1 Å². The van der Waals surface area contributed by atoms with Gasteiger partial charge in [-0.1, -0.05) is 49.3 Å². The highest BCUT2D eigenvalue weighted by Gasteiger charge is 2.26. The van der Waals surface area contributed by atoms with E-state index in [-0.39, 0.29) is 13.2 Å². The minimum atomic E-state index is -0.588. The number of thioether (sulfide) groups is 1. The van der Waals surface area contributed by atoms with Crippen LogP contribution in [-0.2, 0) is 16.8 Å². The minimum absolute atomic E-state index is 0.155. The van der Waals surface area contributed by atoms with Crippen molar-refractivity contribution >= 4 is 29.5 Å². The molecule has 0 spiro atoms. The number of nitriles is 1. The fraction of sp³-hybridized carbons (Fsp3) is 0.400. The van der Waals surface area contributed by atoms with Crippen LogP contribution >= 0.6 is 23.4 Å². The number of aromatic nitrogens is 2. The molecular weight excluding hydrogens is 548 g/mol. The van der Waals surface area contributed by atoms with Gasteiger partial charge < -0.3 is 19.1 Å². The summed E-state index contributed by atoms with van der Waals surface area (Å²) in [4.78, 5) is 22.2. The zero-order valence-corrected chi connectivity index (χ0v) is 25.5. The van der Waals surface area contributed by atoms with Crippen LogP contribution in [0.25, 0.3) is 0 Å². The Kier molecular flexibility index (Phi) is 10.3. The van der Waals surface area contributed by atoms with Gasteiger partial charge in [-0.3, -0.25) is 0 Å². The van der Waals surface area contributed by atoms with Crippen LogP contribution in [0.15, 0.2) is 53.8 Å². The van der Waals surface area contributed by atoms with Gasteiger partial charge in [-0.05, 0) is 68.5 Å². The predicted molar refractivity (Wildman–Crippen MR) is 157 cm³/mol. The molecule has 3 aromatic rings. The van der Waals surface area contributed by atoms with Gasteiger partial charge >= 0.3 is 6.09 Å². The van der Waals surface area contributed by atoms with Crippen LogP contribution in [0.5, 0.6) is 11.5 Å². The van der Waals surface area contributed by atoms with E-state index in [1.54, 1.807) is 19.3 Å². The number of rotatable bonds is 10. The third-order valence-electron chi connectivity index (χ3n) is 6.10. The summed E-state index contributed by atoms with van der Waals surface area (Å²) in [6, 6.07) is 15.5. The van der Waals surface area contributed by atoms with E-state index in [4.69, 9.17) is 25.8 Å². The quantitative estimate of drug-likeness (QED) is 0.189. The van der Waals surface area contributed by atoms with Gasteiger partial charge in [0.2, 0.25) is 0 Å². The number of hydrogen-bond acceptors (Lipinski definition) is 8. The first-order valence-corrected chi connectivity index (χ1v) is 14.3. The average molecular weight is 583 g/mol. The van der Waals surface area contributed by atoms with E-state index in [9.17, 15) is 10.1 Å². The molecule has 1 amide bonds. The second kappa shape index (κ2) is 13.2. The maximum atomic E-state index is 12.2. The number of benzene rings is 2. The maximum Gasteiger partial charge on any atom is 0.410 e. The topological polar surface area (TPSA) is 97.6 Å². The second-order valence-electron chi connectivity index (χ2n) is 10.7. The standard InChI is InChI=1S/C30H35ClN4O4S/c1-29(2,3)39-28(36)35(6)14-15-37-26-20(18-32)16-22(17-25(26)31)30(4,5)21-8-10-24(11-9-21)38-19-23-12-13-33-27(34-23)40-7/h8-13,16-17H,14-15,19H2,1-7H3. The third-order valence-corrected chi connectivity index (χ3v) is 6.94. The minimum Gasteiger partial charge on any atom is -0.489 e. The molecule has 8 nitrogen and oxygen atoms in total. The summed E-state index contributed by atoms with van der Waals surface area (Å²) in [6.45, 7) is 10.3. The van der Waals surface area contributed by atoms with Crippen molar-refractivity contribution in [3.05, 3.63) is 76.1 Å². The Morgan fingerprint density at radius 1 is 1.07 bits per heavy atom. The zero-order valence-electron chi connectivity index (χ0n) is 23.9. The number of nitrogens with zero attached hydrogens (tertiary/aromatic N) is 4. The number of ether oxygens (including phenoxy) is 3. The summed E-state index contributed by atoms with van der Waals surface area (Å²) in [5.41, 5.74) is 1.98. The summed E-state index contributed by atoms with van der Waals surface area (Å²) in [7, 11) is 1.63. The van der Waals surface area contributed by atoms with Gasteiger partial charge in [0, 0.05) is 18.7 Å². The molecule has 10 heteroatoms. The van der Waals surface area contributed by atoms with Crippen molar-refractivity contribution in [1.29, 1.82) is 5.26 Å². The van der Waals surface area contributed by atoms with Crippen molar-refractivity contribution in [3.63, 3.8) is 0 Å². The molecule has 1 heterocycles. The molecule has 0 aliphatic rings. The highest BCUT2D eigenvalue weighted by Crippen LogP contribution is 2.38. The summed E-state index contributed by atoms with van der Waals surface area (Å²) in [5, 5.41) is 10.9. The van der Waals surface area contributed by atoms with Crippen molar-refractivity contribution in [2.45, 2.75) is 57.4 Å². The zero-order chi connectivity index (χ0) is 29.5. The molecule has 0 saturated heterocycles. The Morgan fingerprint density at radius 3 is 2.40 bits per heavy atom. The molecule has 3 rings (SSSR count). The number of carbonyl (C=O) groups is 1. The predicted octanol–water partition coefficient (Wildman–Crippen LogP) is 6.87. The second-order valence-corrected chi connectivity index (χ2v) is 11.9. The lowest BCUT2D eigenvalue weighted by molar-refractivity contribution is 0.0278. The van der Waals surface area contributed by atoms with Crippen LogP contribution in [-0.4, -0.2) is 53.0 Å². The molecule has 0 N–H and O–H groups in total. The monoisotopic (exact) mass is 582 g/mol. The van der Waals surface area contributed by atoms with Crippen LogP contribution in [0.4, 0.5) is 4.79 Å². The molecule has 212 valence electrons. The third kappa shape index (κ3) is 8.26. The summed E-state index contributed by atoms with van der Waals surface area (Å²) in [6.07, 6.45) is 3.21. The summed E-state index contributed by atoms with van der Waals surface area (Å²) >= 11 is 8.09. The van der Waals surface area contributed by atoms with E-state index < -0.39 is 17.1 Å².